The molecule has 2 aliphatic rings. The van der Waals surface area contributed by atoms with Crippen molar-refractivity contribution < 1.29 is 23.1 Å². The quantitative estimate of drug-likeness (QED) is 0.823. The Kier molecular flexibility index (Phi) is 5.86. The highest BCUT2D eigenvalue weighted by Crippen LogP contribution is 2.26. The van der Waals surface area contributed by atoms with E-state index in [0.717, 1.165) is 24.0 Å². The first kappa shape index (κ1) is 19.8. The molecular weight excluding hydrogens is 368 g/mol. The first-order chi connectivity index (χ1) is 12.8. The van der Waals surface area contributed by atoms with E-state index in [1.165, 1.54) is 4.31 Å². The number of carboxylic acids is 1. The monoisotopic (exact) mass is 394 g/mol. The summed E-state index contributed by atoms with van der Waals surface area (Å²) in [5.41, 5.74) is 2.07. The summed E-state index contributed by atoms with van der Waals surface area (Å²) < 4.78 is 26.6. The number of benzene rings is 1. The van der Waals surface area contributed by atoms with Gasteiger partial charge in [-0.25, -0.2) is 13.2 Å². The molecule has 1 saturated heterocycles. The van der Waals surface area contributed by atoms with Crippen molar-refractivity contribution in [3.05, 3.63) is 34.9 Å². The number of nitrogens with zero attached hydrogens (tertiary/aromatic N) is 2. The molecule has 8 heteroatoms. The highest BCUT2D eigenvalue weighted by Gasteiger charge is 2.38. The van der Waals surface area contributed by atoms with Gasteiger partial charge in [-0.15, -0.1) is 0 Å². The molecule has 1 aromatic carbocycles. The third-order valence-corrected chi connectivity index (χ3v) is 7.41. The van der Waals surface area contributed by atoms with Gasteiger partial charge in [0.1, 0.15) is 6.04 Å². The lowest BCUT2D eigenvalue weighted by atomic mass is 9.96. The minimum atomic E-state index is -3.44. The number of fused-ring (bicyclic) bond motifs is 1. The number of carbonyl (C=O) groups is 2. The third-order valence-electron chi connectivity index (χ3n) is 5.34. The lowest BCUT2D eigenvalue weighted by Crippen LogP contribution is -2.54. The van der Waals surface area contributed by atoms with Crippen molar-refractivity contribution in [2.75, 3.05) is 18.8 Å². The van der Waals surface area contributed by atoms with E-state index >= 15 is 0 Å². The van der Waals surface area contributed by atoms with E-state index in [2.05, 4.69) is 0 Å². The van der Waals surface area contributed by atoms with Gasteiger partial charge in [0.05, 0.1) is 11.3 Å². The van der Waals surface area contributed by atoms with Crippen molar-refractivity contribution in [1.29, 1.82) is 0 Å². The molecule has 0 saturated carbocycles. The maximum absolute atomic E-state index is 13.1. The molecule has 1 unspecified atom stereocenters. The van der Waals surface area contributed by atoms with Gasteiger partial charge in [0, 0.05) is 19.6 Å². The van der Waals surface area contributed by atoms with Crippen molar-refractivity contribution in [2.24, 2.45) is 0 Å². The van der Waals surface area contributed by atoms with Crippen LogP contribution in [0.25, 0.3) is 0 Å². The second kappa shape index (κ2) is 7.98. The number of amides is 1. The van der Waals surface area contributed by atoms with Crippen molar-refractivity contribution in [1.82, 2.24) is 9.21 Å². The first-order valence-corrected chi connectivity index (χ1v) is 11.1. The minimum Gasteiger partial charge on any atom is -0.478 e. The Morgan fingerprint density at radius 2 is 1.96 bits per heavy atom. The largest absolute Gasteiger partial charge is 0.478 e. The van der Waals surface area contributed by atoms with Crippen LogP contribution in [0.15, 0.2) is 18.2 Å². The number of hydrogen-bond acceptors (Lipinski definition) is 4. The molecule has 1 amide bonds. The molecule has 1 N–H and O–H groups in total. The number of piperidine rings is 1. The fraction of sp³-hybridized carbons (Fsp3) is 0.579. The summed E-state index contributed by atoms with van der Waals surface area (Å²) >= 11 is 0. The molecule has 1 fully saturated rings. The highest BCUT2D eigenvalue weighted by atomic mass is 32.2. The van der Waals surface area contributed by atoms with E-state index in [9.17, 15) is 23.1 Å². The maximum atomic E-state index is 13.1. The van der Waals surface area contributed by atoms with E-state index in [4.69, 9.17) is 0 Å². The number of aromatic carboxylic acids is 1. The average Bonchev–Trinajstić information content (AvgIpc) is 2.66. The zero-order valence-electron chi connectivity index (χ0n) is 15.6. The van der Waals surface area contributed by atoms with Crippen LogP contribution in [0.4, 0.5) is 0 Å². The Balaban J connectivity index is 1.80. The Hall–Kier alpha value is -1.93. The second-order valence-corrected chi connectivity index (χ2v) is 9.28. The fourth-order valence-corrected chi connectivity index (χ4v) is 5.69. The number of carboxylic acid groups (broad SMARTS) is 1. The van der Waals surface area contributed by atoms with Crippen molar-refractivity contribution >= 4 is 21.9 Å². The van der Waals surface area contributed by atoms with E-state index in [1.807, 2.05) is 6.92 Å². The van der Waals surface area contributed by atoms with E-state index in [-0.39, 0.29) is 17.2 Å². The van der Waals surface area contributed by atoms with Gasteiger partial charge in [0.25, 0.3) is 0 Å². The topological polar surface area (TPSA) is 95.0 Å². The zero-order valence-corrected chi connectivity index (χ0v) is 16.4. The van der Waals surface area contributed by atoms with Crippen LogP contribution < -0.4 is 0 Å². The molecule has 0 aliphatic carbocycles. The van der Waals surface area contributed by atoms with Crippen LogP contribution in [0.5, 0.6) is 0 Å². The van der Waals surface area contributed by atoms with Gasteiger partial charge < -0.3 is 10.0 Å². The van der Waals surface area contributed by atoms with E-state index < -0.39 is 22.0 Å². The van der Waals surface area contributed by atoms with Crippen molar-refractivity contribution in [3.8, 4) is 0 Å². The van der Waals surface area contributed by atoms with Gasteiger partial charge in [-0.05, 0) is 48.9 Å². The van der Waals surface area contributed by atoms with Crippen LogP contribution in [0, 0.1) is 0 Å². The van der Waals surface area contributed by atoms with Crippen LogP contribution >= 0.6 is 0 Å². The highest BCUT2D eigenvalue weighted by molar-refractivity contribution is 7.89. The third kappa shape index (κ3) is 4.16. The van der Waals surface area contributed by atoms with Crippen LogP contribution in [0.2, 0.25) is 0 Å². The molecule has 0 spiro atoms. The van der Waals surface area contributed by atoms with E-state index in [0.29, 0.717) is 38.9 Å². The summed E-state index contributed by atoms with van der Waals surface area (Å²) in [6.45, 7) is 3.07. The molecule has 2 heterocycles. The number of rotatable bonds is 5. The summed E-state index contributed by atoms with van der Waals surface area (Å²) in [5, 5.41) is 9.19. The summed E-state index contributed by atoms with van der Waals surface area (Å²) in [6, 6.07) is 4.36. The molecule has 27 heavy (non-hydrogen) atoms. The number of carbonyl (C=O) groups excluding carboxylic acids is 1. The zero-order chi connectivity index (χ0) is 19.6. The molecule has 3 rings (SSSR count). The lowest BCUT2D eigenvalue weighted by Gasteiger charge is -2.38. The minimum absolute atomic E-state index is 0.0571. The van der Waals surface area contributed by atoms with Crippen molar-refractivity contribution in [3.63, 3.8) is 0 Å². The summed E-state index contributed by atoms with van der Waals surface area (Å²) in [6.07, 6.45) is 3.32. The fourth-order valence-electron chi connectivity index (χ4n) is 3.95. The average molecular weight is 394 g/mol. The van der Waals surface area contributed by atoms with Crippen LogP contribution in [-0.2, 0) is 27.8 Å². The molecule has 148 valence electrons. The predicted molar refractivity (Wildman–Crippen MR) is 101 cm³/mol. The molecule has 0 aromatic heterocycles. The number of hydrogen-bond donors (Lipinski definition) is 1. The predicted octanol–water partition coefficient (Wildman–Crippen LogP) is 1.86. The Labute approximate surface area is 160 Å². The number of sulfonamides is 1. The normalized spacial score (nSPS) is 20.9. The van der Waals surface area contributed by atoms with Crippen LogP contribution in [0.3, 0.4) is 0 Å². The first-order valence-electron chi connectivity index (χ1n) is 9.47. The summed E-state index contributed by atoms with van der Waals surface area (Å²) in [5.74, 6) is -1.10. The molecule has 7 nitrogen and oxygen atoms in total. The molecule has 1 atom stereocenters. The SMILES string of the molecule is CCCS(=O)(=O)N1CCCCC1C(=O)N1CCc2ccc(C(=O)O)cc2C1. The van der Waals surface area contributed by atoms with Crippen LogP contribution in [0.1, 0.15) is 54.1 Å². The van der Waals surface area contributed by atoms with Crippen LogP contribution in [-0.4, -0.2) is 59.5 Å². The lowest BCUT2D eigenvalue weighted by molar-refractivity contribution is -0.137. The maximum Gasteiger partial charge on any atom is 0.335 e. The second-order valence-electron chi connectivity index (χ2n) is 7.24. The summed E-state index contributed by atoms with van der Waals surface area (Å²) in [4.78, 5) is 26.0. The van der Waals surface area contributed by atoms with Gasteiger partial charge in [0.15, 0.2) is 0 Å². The molecule has 1 aromatic rings. The Morgan fingerprint density at radius 1 is 1.19 bits per heavy atom. The Bertz CT molecular complexity index is 837. The Morgan fingerprint density at radius 3 is 2.67 bits per heavy atom. The van der Waals surface area contributed by atoms with Gasteiger partial charge in [-0.3, -0.25) is 4.79 Å². The molecule has 2 aliphatic heterocycles. The summed E-state index contributed by atoms with van der Waals surface area (Å²) in [7, 11) is -3.44. The van der Waals surface area contributed by atoms with Gasteiger partial charge in [-0.2, -0.15) is 4.31 Å². The van der Waals surface area contributed by atoms with Gasteiger partial charge in [0.2, 0.25) is 15.9 Å². The van der Waals surface area contributed by atoms with Crippen molar-refractivity contribution in [2.45, 2.75) is 51.6 Å². The van der Waals surface area contributed by atoms with Gasteiger partial charge in [-0.1, -0.05) is 19.4 Å². The smallest absolute Gasteiger partial charge is 0.335 e. The molecular formula is C19H26N2O5S. The standard InChI is InChI=1S/C19H26N2O5S/c1-2-11-27(25,26)21-9-4-3-5-17(21)18(22)20-10-8-14-6-7-15(19(23)24)12-16(14)13-20/h6-7,12,17H,2-5,8-11,13H2,1H3,(H,23,24). The molecule has 0 radical (unpaired) electrons. The van der Waals surface area contributed by atoms with Gasteiger partial charge >= 0.3 is 5.97 Å². The van der Waals surface area contributed by atoms with E-state index in [1.54, 1.807) is 23.1 Å². The molecule has 0 bridgehead atoms.